The van der Waals surface area contributed by atoms with E-state index in [9.17, 15) is 0 Å². The zero-order valence-electron chi connectivity index (χ0n) is 7.05. The Morgan fingerprint density at radius 2 is 1.08 bits per heavy atom. The van der Waals surface area contributed by atoms with Crippen LogP contribution in [0.3, 0.4) is 0 Å². The Morgan fingerprint density at radius 3 is 1.15 bits per heavy atom. The summed E-state index contributed by atoms with van der Waals surface area (Å²) in [5.74, 6) is 0. The second-order valence-corrected chi connectivity index (χ2v) is 58.9. The van der Waals surface area contributed by atoms with Crippen LogP contribution in [0.15, 0.2) is 30.6 Å². The number of rotatable bonds is 0. The number of halogens is 6. The van der Waals surface area contributed by atoms with Gasteiger partial charge < -0.3 is 0 Å². The van der Waals surface area contributed by atoms with Crippen LogP contribution in [0.4, 0.5) is 0 Å². The van der Waals surface area contributed by atoms with Crippen LogP contribution in [0.1, 0.15) is 1.43 Å². The molecule has 0 N–H and O–H groups in total. The summed E-state index contributed by atoms with van der Waals surface area (Å²) in [6, 6.07) is 5.72. The summed E-state index contributed by atoms with van der Waals surface area (Å²) in [4.78, 5) is 3.78. The zero-order chi connectivity index (χ0) is 10.7. The van der Waals surface area contributed by atoms with Gasteiger partial charge in [0.1, 0.15) is 0 Å². The molecule has 0 atom stereocenters. The third kappa shape index (κ3) is 31.6. The number of aromatic nitrogens is 1. The van der Waals surface area contributed by atoms with Crippen LogP contribution in [-0.2, 0) is 0 Å². The summed E-state index contributed by atoms with van der Waals surface area (Å²) < 4.78 is 0. The standard InChI is InChI=1S/C5H5N.6ClH.Sb/c1-2-4-6-5-3-1;;;;;;;/h1-5H;6*1H;/q;;;;;;;+5/p-5. The molecule has 0 radical (unpaired) electrons. The predicted molar refractivity (Wildman–Crippen MR) is 66.2 cm³/mol. The first-order valence-electron chi connectivity index (χ1n) is 2.86. The molecule has 0 fully saturated rings. The Kier molecular flexibility index (Phi) is 4.86. The molecule has 13 heavy (non-hydrogen) atoms. The maximum atomic E-state index is 5.06. The summed E-state index contributed by atoms with van der Waals surface area (Å²) >= 11 is 0. The molecule has 1 aromatic heterocycles. The van der Waals surface area contributed by atoms with Crippen molar-refractivity contribution in [2.75, 3.05) is 0 Å². The first kappa shape index (κ1) is 14.7. The quantitative estimate of drug-likeness (QED) is 0.548. The molecule has 8 heteroatoms. The van der Waals surface area contributed by atoms with E-state index >= 15 is 0 Å². The molecule has 1 nitrogen and oxygen atoms in total. The first-order chi connectivity index (χ1) is 5.45. The van der Waals surface area contributed by atoms with Crippen LogP contribution in [-0.4, -0.2) is 14.1 Å². The number of nitrogens with zero attached hydrogens (tertiary/aromatic N) is 1. The zero-order valence-corrected chi connectivity index (χ0v) is 13.1. The Morgan fingerprint density at radius 1 is 0.769 bits per heavy atom. The summed E-state index contributed by atoms with van der Waals surface area (Å²) in [6.45, 7) is 0. The molecule has 0 aromatic carbocycles. The smallest absolute Gasteiger partial charge is 0.265 e. The average Bonchev–Trinajstić information content (AvgIpc) is 1.84. The van der Waals surface area contributed by atoms with Gasteiger partial charge in [-0.2, -0.15) is 0 Å². The number of pyridine rings is 1. The second-order valence-electron chi connectivity index (χ2n) is 1.98. The van der Waals surface area contributed by atoms with Crippen molar-refractivity contribution >= 4 is 62.1 Å². The predicted octanol–water partition coefficient (Wildman–Crippen LogP) is 4.95. The molecule has 0 aliphatic heterocycles. The fourth-order valence-electron chi connectivity index (χ4n) is 0.313. The van der Waals surface area contributed by atoms with Crippen molar-refractivity contribution < 1.29 is 1.43 Å². The molecule has 0 amide bonds. The van der Waals surface area contributed by atoms with E-state index in [1.54, 1.807) is 12.4 Å². The minimum atomic E-state index is -5.42. The van der Waals surface area contributed by atoms with Gasteiger partial charge in [-0.15, -0.1) is 0 Å². The molecule has 1 rings (SSSR count). The van der Waals surface area contributed by atoms with Crippen LogP contribution < -0.4 is 0 Å². The Balaban J connectivity index is 0. The van der Waals surface area contributed by atoms with E-state index in [0.29, 0.717) is 0 Å². The van der Waals surface area contributed by atoms with Gasteiger partial charge in [-0.3, -0.25) is 4.98 Å². The van der Waals surface area contributed by atoms with Gasteiger partial charge in [0.15, 0.2) is 0 Å². The first-order valence-corrected chi connectivity index (χ1v) is 22.3. The van der Waals surface area contributed by atoms with Crippen LogP contribution in [0, 0.1) is 0 Å². The van der Waals surface area contributed by atoms with Crippen molar-refractivity contribution in [1.29, 1.82) is 0 Å². The van der Waals surface area contributed by atoms with E-state index in [1.807, 2.05) is 18.2 Å². The van der Waals surface area contributed by atoms with Gasteiger partial charge in [0.05, 0.1) is 0 Å². The number of hydrogen-bond acceptors (Lipinski definition) is 1. The van der Waals surface area contributed by atoms with Crippen molar-refractivity contribution in [2.24, 2.45) is 0 Å². The Hall–Kier alpha value is 1.71. The van der Waals surface area contributed by atoms with Gasteiger partial charge in [-0.1, -0.05) is 6.07 Å². The SMILES string of the molecule is [Cl][Sb-]([Cl])([Cl])([Cl])([Cl])[Cl].[H+].c1ccncc1. The minimum Gasteiger partial charge on any atom is -0.265 e. The van der Waals surface area contributed by atoms with Gasteiger partial charge >= 0.3 is 63.5 Å². The molecule has 1 heterocycles. The number of hydrogen-bond donors (Lipinski definition) is 0. The molecular weight excluding hydrogens is 409 g/mol. The van der Waals surface area contributed by atoms with Gasteiger partial charge in [0, 0.05) is 12.4 Å². The molecule has 1 aromatic rings. The third-order valence-electron chi connectivity index (χ3n) is 0.566. The fourth-order valence-corrected chi connectivity index (χ4v) is 0.313. The minimum absolute atomic E-state index is 0. The summed E-state index contributed by atoms with van der Waals surface area (Å²) in [5, 5.41) is 0. The van der Waals surface area contributed by atoms with E-state index in [0.717, 1.165) is 0 Å². The van der Waals surface area contributed by atoms with Crippen LogP contribution in [0.2, 0.25) is 0 Å². The van der Waals surface area contributed by atoms with Crippen molar-refractivity contribution in [1.82, 2.24) is 4.98 Å². The van der Waals surface area contributed by atoms with Crippen molar-refractivity contribution in [3.05, 3.63) is 30.6 Å². The average molecular weight is 415 g/mol. The van der Waals surface area contributed by atoms with Crippen molar-refractivity contribution in [3.63, 3.8) is 0 Å². The Bertz CT molecular complexity index is 218. The summed E-state index contributed by atoms with van der Waals surface area (Å²) in [6.07, 6.45) is 3.50. The maximum Gasteiger partial charge on any atom is 1.00 e. The van der Waals surface area contributed by atoms with Gasteiger partial charge in [0.2, 0.25) is 0 Å². The van der Waals surface area contributed by atoms with Crippen molar-refractivity contribution in [3.8, 4) is 0 Å². The molecule has 0 saturated heterocycles. The topological polar surface area (TPSA) is 12.9 Å². The second kappa shape index (κ2) is 4.29. The van der Waals surface area contributed by atoms with E-state index in [2.05, 4.69) is 4.98 Å². The van der Waals surface area contributed by atoms with Crippen LogP contribution in [0.5, 0.6) is 0 Å². The van der Waals surface area contributed by atoms with Crippen LogP contribution >= 0.6 is 53.0 Å². The van der Waals surface area contributed by atoms with Crippen molar-refractivity contribution in [2.45, 2.75) is 0 Å². The normalized spacial score (nSPS) is 16.2. The Labute approximate surface area is 97.9 Å². The maximum absolute atomic E-state index is 5.42. The largest absolute Gasteiger partial charge is 1.00 e. The van der Waals surface area contributed by atoms with Gasteiger partial charge in [-0.25, -0.2) is 0 Å². The molecule has 0 saturated carbocycles. The van der Waals surface area contributed by atoms with Gasteiger partial charge in [-0.05, 0) is 12.1 Å². The van der Waals surface area contributed by atoms with Gasteiger partial charge in [0.25, 0.3) is 0 Å². The third-order valence-corrected chi connectivity index (χ3v) is 0.566. The monoisotopic (exact) mass is 411 g/mol. The summed E-state index contributed by atoms with van der Waals surface area (Å²) in [5.41, 5.74) is 0. The summed E-state index contributed by atoms with van der Waals surface area (Å²) in [7, 11) is 25.0. The molecule has 0 spiro atoms. The molecule has 0 aliphatic rings. The fraction of sp³-hybridized carbons (Fsp3) is 0. The molecule has 0 aliphatic carbocycles. The molecule has 78 valence electrons. The van der Waals surface area contributed by atoms with E-state index in [4.69, 9.17) is 53.0 Å². The molecule has 0 bridgehead atoms. The van der Waals surface area contributed by atoms with E-state index in [1.165, 1.54) is 0 Å². The van der Waals surface area contributed by atoms with E-state index in [-0.39, 0.29) is 1.43 Å². The molecule has 0 unspecified atom stereocenters. The molecular formula is C5H6Cl6NSb. The van der Waals surface area contributed by atoms with E-state index < -0.39 is 9.14 Å². The van der Waals surface area contributed by atoms with Crippen LogP contribution in [0.25, 0.3) is 0 Å².